The first-order chi connectivity index (χ1) is 13.3. The smallest absolute Gasteiger partial charge is 0.201 e. The molecule has 0 bridgehead atoms. The van der Waals surface area contributed by atoms with Crippen LogP contribution in [0, 0.1) is 40.4 Å². The number of carbonyl (C=O) groups excluding carboxylic acids is 3. The lowest BCUT2D eigenvalue weighted by atomic mass is 9.44. The highest BCUT2D eigenvalue weighted by Crippen LogP contribution is 2.66. The van der Waals surface area contributed by atoms with Gasteiger partial charge >= 0.3 is 0 Å². The zero-order valence-corrected chi connectivity index (χ0v) is 18.1. The van der Waals surface area contributed by atoms with Crippen molar-refractivity contribution in [1.29, 1.82) is 0 Å². The molecule has 0 spiro atoms. The van der Waals surface area contributed by atoms with Crippen LogP contribution >= 0.6 is 0 Å². The first kappa shape index (κ1) is 20.3. The SMILES string of the molecule is CCCCCCC1CC(=O)[C@@]2(C)CC[C@@H]3[C@@H](CCC4C(=O)C(=O)CC[C@@]43C)[C@H]12. The summed E-state index contributed by atoms with van der Waals surface area (Å²) in [6, 6.07) is 0. The van der Waals surface area contributed by atoms with Crippen LogP contribution in [0.25, 0.3) is 0 Å². The average molecular weight is 387 g/mol. The van der Waals surface area contributed by atoms with E-state index in [0.29, 0.717) is 35.9 Å². The van der Waals surface area contributed by atoms with Crippen LogP contribution in [0.15, 0.2) is 0 Å². The van der Waals surface area contributed by atoms with Gasteiger partial charge in [0.1, 0.15) is 5.78 Å². The molecule has 0 N–H and O–H groups in total. The van der Waals surface area contributed by atoms with Crippen LogP contribution in [0.2, 0.25) is 0 Å². The molecule has 7 atom stereocenters. The van der Waals surface area contributed by atoms with Gasteiger partial charge in [0, 0.05) is 24.2 Å². The lowest BCUT2D eigenvalue weighted by molar-refractivity contribution is -0.160. The molecule has 3 nitrogen and oxygen atoms in total. The average Bonchev–Trinajstić information content (AvgIpc) is 2.93. The van der Waals surface area contributed by atoms with Gasteiger partial charge in [-0.05, 0) is 67.6 Å². The number of hydrogen-bond donors (Lipinski definition) is 0. The molecule has 4 aliphatic rings. The third-order valence-electron chi connectivity index (χ3n) is 9.62. The molecule has 4 aliphatic carbocycles. The van der Waals surface area contributed by atoms with Gasteiger partial charge in [0.05, 0.1) is 0 Å². The van der Waals surface area contributed by atoms with E-state index in [1.165, 1.54) is 32.1 Å². The van der Waals surface area contributed by atoms with E-state index in [1.54, 1.807) is 0 Å². The Balaban J connectivity index is 1.58. The first-order valence-electron chi connectivity index (χ1n) is 11.9. The Kier molecular flexibility index (Phi) is 5.33. The zero-order valence-electron chi connectivity index (χ0n) is 18.1. The van der Waals surface area contributed by atoms with Crippen LogP contribution in [0.3, 0.4) is 0 Å². The molecule has 28 heavy (non-hydrogen) atoms. The van der Waals surface area contributed by atoms with E-state index in [4.69, 9.17) is 0 Å². The molecule has 0 aromatic heterocycles. The van der Waals surface area contributed by atoms with Crippen LogP contribution in [0.1, 0.15) is 97.8 Å². The number of fused-ring (bicyclic) bond motifs is 5. The van der Waals surface area contributed by atoms with Gasteiger partial charge in [-0.15, -0.1) is 0 Å². The molecular weight excluding hydrogens is 348 g/mol. The fourth-order valence-corrected chi connectivity index (χ4v) is 8.10. The van der Waals surface area contributed by atoms with Crippen LogP contribution in [0.4, 0.5) is 0 Å². The quantitative estimate of drug-likeness (QED) is 0.460. The van der Waals surface area contributed by atoms with E-state index in [0.717, 1.165) is 38.5 Å². The van der Waals surface area contributed by atoms with Crippen molar-refractivity contribution in [2.75, 3.05) is 0 Å². The fraction of sp³-hybridized carbons (Fsp3) is 0.880. The van der Waals surface area contributed by atoms with Gasteiger partial charge in [-0.3, -0.25) is 14.4 Å². The number of unbranched alkanes of at least 4 members (excludes halogenated alkanes) is 3. The Morgan fingerprint density at radius 3 is 2.50 bits per heavy atom. The maximum atomic E-state index is 13.1. The van der Waals surface area contributed by atoms with Crippen molar-refractivity contribution in [3.63, 3.8) is 0 Å². The maximum Gasteiger partial charge on any atom is 0.201 e. The highest BCUT2D eigenvalue weighted by Gasteiger charge is 2.63. The predicted octanol–water partition coefficient (Wildman–Crippen LogP) is 5.54. The molecule has 0 saturated heterocycles. The van der Waals surface area contributed by atoms with Crippen LogP contribution < -0.4 is 0 Å². The number of hydrogen-bond acceptors (Lipinski definition) is 3. The molecule has 156 valence electrons. The molecule has 0 radical (unpaired) electrons. The second kappa shape index (κ2) is 7.36. The van der Waals surface area contributed by atoms with Crippen LogP contribution in [-0.2, 0) is 14.4 Å². The summed E-state index contributed by atoms with van der Waals surface area (Å²) in [5.74, 6) is 2.38. The summed E-state index contributed by atoms with van der Waals surface area (Å²) in [6.45, 7) is 6.80. The zero-order chi connectivity index (χ0) is 20.1. The van der Waals surface area contributed by atoms with E-state index in [9.17, 15) is 14.4 Å². The molecule has 0 aromatic rings. The second-order valence-corrected chi connectivity index (χ2v) is 10.9. The van der Waals surface area contributed by atoms with Gasteiger partial charge in [-0.2, -0.15) is 0 Å². The summed E-state index contributed by atoms with van der Waals surface area (Å²) < 4.78 is 0. The monoisotopic (exact) mass is 386 g/mol. The summed E-state index contributed by atoms with van der Waals surface area (Å²) in [4.78, 5) is 37.8. The Hall–Kier alpha value is -0.990. The Morgan fingerprint density at radius 1 is 0.964 bits per heavy atom. The van der Waals surface area contributed by atoms with E-state index < -0.39 is 0 Å². The van der Waals surface area contributed by atoms with Crippen molar-refractivity contribution in [3.8, 4) is 0 Å². The molecular formula is C25H38O3. The van der Waals surface area contributed by atoms with E-state index >= 15 is 0 Å². The minimum atomic E-state index is -0.133. The number of Topliss-reactive ketones (excluding diaryl/α,β-unsaturated/α-hetero) is 3. The van der Waals surface area contributed by atoms with E-state index in [1.807, 2.05) is 0 Å². The number of ketones is 3. The minimum absolute atomic E-state index is 0.0202. The molecule has 4 saturated carbocycles. The normalized spacial score (nSPS) is 45.5. The van der Waals surface area contributed by atoms with Crippen LogP contribution in [0.5, 0.6) is 0 Å². The maximum absolute atomic E-state index is 13.1. The van der Waals surface area contributed by atoms with Crippen molar-refractivity contribution in [1.82, 2.24) is 0 Å². The Morgan fingerprint density at radius 2 is 1.75 bits per heavy atom. The van der Waals surface area contributed by atoms with Crippen molar-refractivity contribution in [3.05, 3.63) is 0 Å². The molecule has 4 rings (SSSR count). The molecule has 0 amide bonds. The minimum Gasteiger partial charge on any atom is -0.299 e. The largest absolute Gasteiger partial charge is 0.299 e. The van der Waals surface area contributed by atoms with Gasteiger partial charge in [0.2, 0.25) is 5.78 Å². The molecule has 0 aliphatic heterocycles. The van der Waals surface area contributed by atoms with Gasteiger partial charge in [-0.1, -0.05) is 46.5 Å². The molecule has 3 heteroatoms. The van der Waals surface area contributed by atoms with E-state index in [-0.39, 0.29) is 28.3 Å². The lowest BCUT2D eigenvalue weighted by Crippen LogP contribution is -2.56. The second-order valence-electron chi connectivity index (χ2n) is 10.9. The number of carbonyl (C=O) groups is 3. The van der Waals surface area contributed by atoms with Crippen molar-refractivity contribution >= 4 is 17.3 Å². The lowest BCUT2D eigenvalue weighted by Gasteiger charge is -2.59. The molecule has 4 fully saturated rings. The third kappa shape index (κ3) is 2.94. The first-order valence-corrected chi connectivity index (χ1v) is 11.9. The molecule has 0 aromatic carbocycles. The standard InChI is InChI=1S/C25H38O3/c1-4-5-6-7-8-16-15-21(27)25(3)13-11-18-17(22(16)25)9-10-19-23(28)20(26)12-14-24(18,19)2/h16-19,22H,4-15H2,1-3H3/t16?,17-,18-,19?,22+,24-,25-/m1/s1. The van der Waals surface area contributed by atoms with Gasteiger partial charge in [-0.25, -0.2) is 0 Å². The number of rotatable bonds is 5. The van der Waals surface area contributed by atoms with E-state index in [2.05, 4.69) is 20.8 Å². The predicted molar refractivity (Wildman–Crippen MR) is 110 cm³/mol. The highest BCUT2D eigenvalue weighted by molar-refractivity contribution is 6.38. The van der Waals surface area contributed by atoms with Crippen molar-refractivity contribution < 1.29 is 14.4 Å². The van der Waals surface area contributed by atoms with Gasteiger partial charge in [0.25, 0.3) is 0 Å². The molecule has 0 heterocycles. The molecule has 2 unspecified atom stereocenters. The summed E-state index contributed by atoms with van der Waals surface area (Å²) in [5.41, 5.74) is -0.151. The third-order valence-corrected chi connectivity index (χ3v) is 9.62. The van der Waals surface area contributed by atoms with Gasteiger partial charge < -0.3 is 0 Å². The highest BCUT2D eigenvalue weighted by atomic mass is 16.2. The summed E-state index contributed by atoms with van der Waals surface area (Å²) >= 11 is 0. The van der Waals surface area contributed by atoms with Gasteiger partial charge in [0.15, 0.2) is 5.78 Å². The summed E-state index contributed by atoms with van der Waals surface area (Å²) in [6.07, 6.45) is 12.4. The summed E-state index contributed by atoms with van der Waals surface area (Å²) in [7, 11) is 0. The Bertz CT molecular complexity index is 667. The van der Waals surface area contributed by atoms with Crippen LogP contribution in [-0.4, -0.2) is 17.3 Å². The topological polar surface area (TPSA) is 51.2 Å². The summed E-state index contributed by atoms with van der Waals surface area (Å²) in [5, 5.41) is 0. The van der Waals surface area contributed by atoms with Crippen molar-refractivity contribution in [2.24, 2.45) is 40.4 Å². The fourth-order valence-electron chi connectivity index (χ4n) is 8.10. The Labute approximate surface area is 170 Å². The van der Waals surface area contributed by atoms with Crippen molar-refractivity contribution in [2.45, 2.75) is 97.8 Å².